The maximum absolute atomic E-state index is 10.7. The SMILES string of the molecule is O=C(O)Cc1ccnc2nc(C3CC3)[nH]c12. The number of rotatable bonds is 3. The van der Waals surface area contributed by atoms with Crippen LogP contribution in [0, 0.1) is 0 Å². The van der Waals surface area contributed by atoms with Crippen LogP contribution in [0.1, 0.15) is 30.1 Å². The highest BCUT2D eigenvalue weighted by Gasteiger charge is 2.27. The van der Waals surface area contributed by atoms with Crippen molar-refractivity contribution in [2.24, 2.45) is 0 Å². The highest BCUT2D eigenvalue weighted by molar-refractivity contribution is 5.81. The first-order valence-corrected chi connectivity index (χ1v) is 5.29. The van der Waals surface area contributed by atoms with Crippen LogP contribution in [0.2, 0.25) is 0 Å². The lowest BCUT2D eigenvalue weighted by Crippen LogP contribution is -2.01. The molecule has 2 aromatic heterocycles. The van der Waals surface area contributed by atoms with E-state index in [-0.39, 0.29) is 6.42 Å². The van der Waals surface area contributed by atoms with Gasteiger partial charge < -0.3 is 10.1 Å². The quantitative estimate of drug-likeness (QED) is 0.815. The van der Waals surface area contributed by atoms with E-state index in [0.717, 1.165) is 29.7 Å². The molecule has 0 radical (unpaired) electrons. The van der Waals surface area contributed by atoms with E-state index in [9.17, 15) is 4.79 Å². The molecule has 1 fully saturated rings. The number of nitrogens with zero attached hydrogens (tertiary/aromatic N) is 2. The van der Waals surface area contributed by atoms with Gasteiger partial charge in [0.2, 0.25) is 0 Å². The van der Waals surface area contributed by atoms with Crippen molar-refractivity contribution in [3.05, 3.63) is 23.7 Å². The summed E-state index contributed by atoms with van der Waals surface area (Å²) in [5, 5.41) is 8.80. The van der Waals surface area contributed by atoms with E-state index in [4.69, 9.17) is 5.11 Å². The average molecular weight is 217 g/mol. The smallest absolute Gasteiger partial charge is 0.307 e. The lowest BCUT2D eigenvalue weighted by Gasteiger charge is -1.97. The molecule has 5 heteroatoms. The molecule has 2 aromatic rings. The van der Waals surface area contributed by atoms with E-state index in [2.05, 4.69) is 15.0 Å². The highest BCUT2D eigenvalue weighted by atomic mass is 16.4. The maximum atomic E-state index is 10.7. The number of fused-ring (bicyclic) bond motifs is 1. The number of aromatic nitrogens is 3. The first-order chi connectivity index (χ1) is 7.74. The summed E-state index contributed by atoms with van der Waals surface area (Å²) < 4.78 is 0. The first-order valence-electron chi connectivity index (χ1n) is 5.29. The molecule has 0 spiro atoms. The van der Waals surface area contributed by atoms with Crippen LogP contribution in [0.3, 0.4) is 0 Å². The van der Waals surface area contributed by atoms with Crippen molar-refractivity contribution in [2.75, 3.05) is 0 Å². The van der Waals surface area contributed by atoms with E-state index in [1.54, 1.807) is 12.3 Å². The Hall–Kier alpha value is -1.91. The number of carboxylic acid groups (broad SMARTS) is 1. The molecule has 0 amide bonds. The van der Waals surface area contributed by atoms with E-state index < -0.39 is 5.97 Å². The molecular formula is C11H11N3O2. The summed E-state index contributed by atoms with van der Waals surface area (Å²) in [6, 6.07) is 1.73. The lowest BCUT2D eigenvalue weighted by atomic mass is 10.2. The molecule has 3 rings (SSSR count). The molecule has 1 aliphatic carbocycles. The van der Waals surface area contributed by atoms with Gasteiger partial charge in [-0.25, -0.2) is 9.97 Å². The van der Waals surface area contributed by atoms with Crippen LogP contribution in [-0.4, -0.2) is 26.0 Å². The maximum Gasteiger partial charge on any atom is 0.307 e. The number of nitrogens with one attached hydrogen (secondary N) is 1. The van der Waals surface area contributed by atoms with Gasteiger partial charge in [-0.3, -0.25) is 4.79 Å². The fourth-order valence-corrected chi connectivity index (χ4v) is 1.84. The van der Waals surface area contributed by atoms with Gasteiger partial charge in [-0.1, -0.05) is 0 Å². The molecule has 82 valence electrons. The Morgan fingerprint density at radius 2 is 2.38 bits per heavy atom. The number of aliphatic carboxylic acids is 1. The Bertz CT molecular complexity index is 557. The summed E-state index contributed by atoms with van der Waals surface area (Å²) >= 11 is 0. The normalized spacial score (nSPS) is 15.5. The Labute approximate surface area is 91.5 Å². The number of pyridine rings is 1. The van der Waals surface area contributed by atoms with E-state index in [1.807, 2.05) is 0 Å². The van der Waals surface area contributed by atoms with E-state index in [0.29, 0.717) is 11.6 Å². The van der Waals surface area contributed by atoms with Crippen molar-refractivity contribution in [1.29, 1.82) is 0 Å². The monoisotopic (exact) mass is 217 g/mol. The van der Waals surface area contributed by atoms with Gasteiger partial charge in [0.1, 0.15) is 5.82 Å². The van der Waals surface area contributed by atoms with Crippen molar-refractivity contribution in [3.63, 3.8) is 0 Å². The molecule has 0 saturated heterocycles. The molecule has 16 heavy (non-hydrogen) atoms. The van der Waals surface area contributed by atoms with Crippen LogP contribution in [-0.2, 0) is 11.2 Å². The second-order valence-corrected chi connectivity index (χ2v) is 4.14. The Kier molecular flexibility index (Phi) is 1.92. The zero-order valence-electron chi connectivity index (χ0n) is 8.60. The van der Waals surface area contributed by atoms with Gasteiger partial charge in [0.05, 0.1) is 11.9 Å². The van der Waals surface area contributed by atoms with Crippen molar-refractivity contribution >= 4 is 17.1 Å². The number of imidazole rings is 1. The third-order valence-corrected chi connectivity index (χ3v) is 2.80. The van der Waals surface area contributed by atoms with Crippen LogP contribution in [0.5, 0.6) is 0 Å². The molecule has 1 saturated carbocycles. The third kappa shape index (κ3) is 1.54. The van der Waals surface area contributed by atoms with Crippen LogP contribution in [0.4, 0.5) is 0 Å². The van der Waals surface area contributed by atoms with Crippen molar-refractivity contribution in [1.82, 2.24) is 15.0 Å². The molecule has 0 bridgehead atoms. The number of H-pyrrole nitrogens is 1. The predicted molar refractivity (Wildman–Crippen MR) is 57.2 cm³/mol. The van der Waals surface area contributed by atoms with Crippen molar-refractivity contribution in [3.8, 4) is 0 Å². The lowest BCUT2D eigenvalue weighted by molar-refractivity contribution is -0.136. The number of carbonyl (C=O) groups is 1. The molecule has 5 nitrogen and oxygen atoms in total. The van der Waals surface area contributed by atoms with Gasteiger partial charge in [-0.2, -0.15) is 0 Å². The van der Waals surface area contributed by atoms with Crippen LogP contribution < -0.4 is 0 Å². The Balaban J connectivity index is 2.09. The summed E-state index contributed by atoms with van der Waals surface area (Å²) in [4.78, 5) is 22.4. The van der Waals surface area contributed by atoms with Crippen molar-refractivity contribution in [2.45, 2.75) is 25.2 Å². The minimum atomic E-state index is -0.838. The fourth-order valence-electron chi connectivity index (χ4n) is 1.84. The van der Waals surface area contributed by atoms with Crippen LogP contribution >= 0.6 is 0 Å². The number of aromatic amines is 1. The van der Waals surface area contributed by atoms with Gasteiger partial charge in [-0.15, -0.1) is 0 Å². The Morgan fingerprint density at radius 1 is 1.56 bits per heavy atom. The van der Waals surface area contributed by atoms with Gasteiger partial charge in [0, 0.05) is 12.1 Å². The summed E-state index contributed by atoms with van der Waals surface area (Å²) in [6.45, 7) is 0. The minimum absolute atomic E-state index is 0.00528. The van der Waals surface area contributed by atoms with Gasteiger partial charge in [-0.05, 0) is 24.5 Å². The largest absolute Gasteiger partial charge is 0.481 e. The molecule has 0 aliphatic heterocycles. The summed E-state index contributed by atoms with van der Waals surface area (Å²) in [6.07, 6.45) is 3.94. The van der Waals surface area contributed by atoms with Crippen LogP contribution in [0.25, 0.3) is 11.2 Å². The van der Waals surface area contributed by atoms with E-state index in [1.165, 1.54) is 0 Å². The molecule has 0 unspecified atom stereocenters. The van der Waals surface area contributed by atoms with Gasteiger partial charge >= 0.3 is 5.97 Å². The zero-order chi connectivity index (χ0) is 11.1. The minimum Gasteiger partial charge on any atom is -0.481 e. The summed E-state index contributed by atoms with van der Waals surface area (Å²) in [5.74, 6) is 0.627. The topological polar surface area (TPSA) is 78.9 Å². The second-order valence-electron chi connectivity index (χ2n) is 4.14. The van der Waals surface area contributed by atoms with Crippen molar-refractivity contribution < 1.29 is 9.90 Å². The van der Waals surface area contributed by atoms with Gasteiger partial charge in [0.25, 0.3) is 0 Å². The second kappa shape index (κ2) is 3.30. The standard InChI is InChI=1S/C11H11N3O2/c15-8(16)5-7-3-4-12-11-9(7)13-10(14-11)6-1-2-6/h3-4,6H,1-2,5H2,(H,15,16)(H,12,13,14). The highest BCUT2D eigenvalue weighted by Crippen LogP contribution is 2.39. The molecule has 0 aromatic carbocycles. The third-order valence-electron chi connectivity index (χ3n) is 2.80. The van der Waals surface area contributed by atoms with Crippen LogP contribution in [0.15, 0.2) is 12.3 Å². The molecule has 1 aliphatic rings. The molecular weight excluding hydrogens is 206 g/mol. The summed E-state index contributed by atoms with van der Waals surface area (Å²) in [7, 11) is 0. The molecule has 2 N–H and O–H groups in total. The van der Waals surface area contributed by atoms with Gasteiger partial charge in [0.15, 0.2) is 5.65 Å². The zero-order valence-corrected chi connectivity index (χ0v) is 8.60. The van der Waals surface area contributed by atoms with E-state index >= 15 is 0 Å². The summed E-state index contributed by atoms with van der Waals surface area (Å²) in [5.41, 5.74) is 2.14. The Morgan fingerprint density at radius 3 is 3.06 bits per heavy atom. The predicted octanol–water partition coefficient (Wildman–Crippen LogP) is 1.46. The average Bonchev–Trinajstić information content (AvgIpc) is 2.98. The first kappa shape index (κ1) is 9.33. The molecule has 2 heterocycles. The number of hydrogen-bond acceptors (Lipinski definition) is 3. The number of hydrogen-bond donors (Lipinski definition) is 2. The fraction of sp³-hybridized carbons (Fsp3) is 0.364. The number of carboxylic acids is 1. The molecule has 0 atom stereocenters.